The Morgan fingerprint density at radius 3 is 3.00 bits per heavy atom. The van der Waals surface area contributed by atoms with Gasteiger partial charge in [-0.05, 0) is 73.5 Å². The van der Waals surface area contributed by atoms with Gasteiger partial charge in [-0.2, -0.15) is 5.10 Å². The third-order valence-corrected chi connectivity index (χ3v) is 5.64. The van der Waals surface area contributed by atoms with Gasteiger partial charge in [-0.15, -0.1) is 0 Å². The summed E-state index contributed by atoms with van der Waals surface area (Å²) in [5.41, 5.74) is 4.89. The van der Waals surface area contributed by atoms with Crippen LogP contribution in [0, 0.1) is 12.8 Å². The molecule has 0 saturated carbocycles. The number of benzene rings is 2. The maximum Gasteiger partial charge on any atom is 0.122 e. The van der Waals surface area contributed by atoms with E-state index in [1.165, 1.54) is 29.4 Å². The standard InChI is InChI=1S/C23H29N3O2/c1-17-4-5-20(13-23(17)28-10-9-27)16-26-8-2-3-19(15-26)11-18-6-7-22-21(12-18)14-24-25-22/h4-7,12-14,19,27H,2-3,8-11,15-16H2,1H3,(H,24,25)/t19-/m0/s1. The number of hydrogen-bond donors (Lipinski definition) is 2. The second-order valence-electron chi connectivity index (χ2n) is 7.91. The fourth-order valence-electron chi connectivity index (χ4n) is 4.23. The van der Waals surface area contributed by atoms with Crippen LogP contribution in [0.25, 0.3) is 10.9 Å². The molecule has 5 heteroatoms. The van der Waals surface area contributed by atoms with Crippen molar-refractivity contribution in [1.29, 1.82) is 0 Å². The second kappa shape index (κ2) is 8.76. The molecular weight excluding hydrogens is 350 g/mol. The largest absolute Gasteiger partial charge is 0.491 e. The quantitative estimate of drug-likeness (QED) is 0.657. The molecule has 0 aliphatic carbocycles. The van der Waals surface area contributed by atoms with Gasteiger partial charge in [0.05, 0.1) is 18.3 Å². The minimum Gasteiger partial charge on any atom is -0.491 e. The third kappa shape index (κ3) is 4.54. The summed E-state index contributed by atoms with van der Waals surface area (Å²) >= 11 is 0. The lowest BCUT2D eigenvalue weighted by molar-refractivity contribution is 0.166. The van der Waals surface area contributed by atoms with E-state index in [0.717, 1.165) is 42.9 Å². The summed E-state index contributed by atoms with van der Waals surface area (Å²) < 4.78 is 5.67. The van der Waals surface area contributed by atoms with Crippen LogP contribution in [0.5, 0.6) is 5.75 Å². The van der Waals surface area contributed by atoms with Crippen LogP contribution in [0.4, 0.5) is 0 Å². The lowest BCUT2D eigenvalue weighted by Gasteiger charge is -2.33. The average molecular weight is 380 g/mol. The first kappa shape index (κ1) is 19.0. The molecule has 0 amide bonds. The Morgan fingerprint density at radius 2 is 2.11 bits per heavy atom. The Balaban J connectivity index is 1.38. The number of aromatic amines is 1. The zero-order chi connectivity index (χ0) is 19.3. The zero-order valence-electron chi connectivity index (χ0n) is 16.5. The molecule has 0 unspecified atom stereocenters. The van der Waals surface area contributed by atoms with Crippen LogP contribution in [0.1, 0.15) is 29.5 Å². The number of hydrogen-bond acceptors (Lipinski definition) is 4. The van der Waals surface area contributed by atoms with Crippen molar-refractivity contribution in [2.75, 3.05) is 26.3 Å². The second-order valence-corrected chi connectivity index (χ2v) is 7.91. The molecule has 0 bridgehead atoms. The summed E-state index contributed by atoms with van der Waals surface area (Å²) in [5, 5.41) is 17.3. The molecule has 1 aromatic heterocycles. The molecule has 28 heavy (non-hydrogen) atoms. The lowest BCUT2D eigenvalue weighted by atomic mass is 9.90. The highest BCUT2D eigenvalue weighted by atomic mass is 16.5. The van der Waals surface area contributed by atoms with Crippen molar-refractivity contribution in [3.63, 3.8) is 0 Å². The van der Waals surface area contributed by atoms with Crippen molar-refractivity contribution in [3.8, 4) is 5.75 Å². The number of aliphatic hydroxyl groups excluding tert-OH is 1. The van der Waals surface area contributed by atoms with Gasteiger partial charge in [-0.25, -0.2) is 0 Å². The van der Waals surface area contributed by atoms with Crippen molar-refractivity contribution in [1.82, 2.24) is 15.1 Å². The molecule has 0 spiro atoms. The monoisotopic (exact) mass is 379 g/mol. The molecule has 5 nitrogen and oxygen atoms in total. The van der Waals surface area contributed by atoms with Gasteiger partial charge in [0.1, 0.15) is 12.4 Å². The van der Waals surface area contributed by atoms with Gasteiger partial charge >= 0.3 is 0 Å². The minimum absolute atomic E-state index is 0.0437. The van der Waals surface area contributed by atoms with Gasteiger partial charge in [-0.3, -0.25) is 10.00 Å². The topological polar surface area (TPSA) is 61.4 Å². The molecule has 1 atom stereocenters. The van der Waals surface area contributed by atoms with E-state index < -0.39 is 0 Å². The van der Waals surface area contributed by atoms with Crippen molar-refractivity contribution in [2.24, 2.45) is 5.92 Å². The number of ether oxygens (including phenoxy) is 1. The van der Waals surface area contributed by atoms with E-state index in [0.29, 0.717) is 12.5 Å². The summed E-state index contributed by atoms with van der Waals surface area (Å²) in [6, 6.07) is 13.1. The maximum atomic E-state index is 9.01. The van der Waals surface area contributed by atoms with Gasteiger partial charge in [0, 0.05) is 18.5 Å². The Labute approximate surface area is 166 Å². The Kier molecular flexibility index (Phi) is 5.93. The summed E-state index contributed by atoms with van der Waals surface area (Å²) in [5.74, 6) is 1.57. The number of H-pyrrole nitrogens is 1. The molecule has 0 radical (unpaired) electrons. The highest BCUT2D eigenvalue weighted by molar-refractivity contribution is 5.78. The van der Waals surface area contributed by atoms with Crippen LogP contribution in [-0.2, 0) is 13.0 Å². The van der Waals surface area contributed by atoms with Gasteiger partial charge in [-0.1, -0.05) is 18.2 Å². The van der Waals surface area contributed by atoms with Crippen molar-refractivity contribution < 1.29 is 9.84 Å². The van der Waals surface area contributed by atoms with Gasteiger partial charge in [0.2, 0.25) is 0 Å². The molecule has 4 rings (SSSR count). The van der Waals surface area contributed by atoms with Crippen molar-refractivity contribution in [2.45, 2.75) is 32.7 Å². The summed E-state index contributed by atoms with van der Waals surface area (Å²) in [4.78, 5) is 2.56. The Morgan fingerprint density at radius 1 is 1.21 bits per heavy atom. The van der Waals surface area contributed by atoms with Gasteiger partial charge < -0.3 is 9.84 Å². The number of aliphatic hydroxyl groups is 1. The number of likely N-dealkylation sites (tertiary alicyclic amines) is 1. The first-order valence-electron chi connectivity index (χ1n) is 10.2. The number of rotatable bonds is 7. The molecule has 1 fully saturated rings. The highest BCUT2D eigenvalue weighted by Crippen LogP contribution is 2.25. The van der Waals surface area contributed by atoms with Crippen LogP contribution in [0.15, 0.2) is 42.6 Å². The molecule has 2 aromatic carbocycles. The number of aryl methyl sites for hydroxylation is 1. The van der Waals surface area contributed by atoms with E-state index >= 15 is 0 Å². The van der Waals surface area contributed by atoms with Gasteiger partial charge in [0.15, 0.2) is 0 Å². The predicted octanol–water partition coefficient (Wildman–Crippen LogP) is 3.70. The Hall–Kier alpha value is -2.37. The van der Waals surface area contributed by atoms with Crippen LogP contribution >= 0.6 is 0 Å². The number of nitrogens with one attached hydrogen (secondary N) is 1. The minimum atomic E-state index is 0.0437. The van der Waals surface area contributed by atoms with E-state index in [9.17, 15) is 0 Å². The average Bonchev–Trinajstić information content (AvgIpc) is 3.16. The highest BCUT2D eigenvalue weighted by Gasteiger charge is 2.20. The molecule has 3 aromatic rings. The van der Waals surface area contributed by atoms with E-state index in [-0.39, 0.29) is 6.61 Å². The smallest absolute Gasteiger partial charge is 0.122 e. The van der Waals surface area contributed by atoms with E-state index in [1.807, 2.05) is 13.1 Å². The van der Waals surface area contributed by atoms with E-state index in [1.54, 1.807) is 0 Å². The van der Waals surface area contributed by atoms with E-state index in [2.05, 4.69) is 51.5 Å². The molecule has 1 saturated heterocycles. The maximum absolute atomic E-state index is 9.01. The number of aromatic nitrogens is 2. The fourth-order valence-corrected chi connectivity index (χ4v) is 4.23. The number of piperidine rings is 1. The fraction of sp³-hybridized carbons (Fsp3) is 0.435. The Bertz CT molecular complexity index is 921. The van der Waals surface area contributed by atoms with Crippen LogP contribution in [0.3, 0.4) is 0 Å². The molecular formula is C23H29N3O2. The molecule has 2 heterocycles. The summed E-state index contributed by atoms with van der Waals surface area (Å²) in [6.07, 6.45) is 5.56. The third-order valence-electron chi connectivity index (χ3n) is 5.64. The van der Waals surface area contributed by atoms with Crippen LogP contribution < -0.4 is 4.74 Å². The van der Waals surface area contributed by atoms with Gasteiger partial charge in [0.25, 0.3) is 0 Å². The molecule has 1 aliphatic rings. The lowest BCUT2D eigenvalue weighted by Crippen LogP contribution is -2.35. The summed E-state index contributed by atoms with van der Waals surface area (Å²) in [6.45, 7) is 5.67. The first-order valence-corrected chi connectivity index (χ1v) is 10.2. The first-order chi connectivity index (χ1) is 13.7. The van der Waals surface area contributed by atoms with Crippen LogP contribution in [-0.4, -0.2) is 46.5 Å². The number of nitrogens with zero attached hydrogens (tertiary/aromatic N) is 2. The molecule has 148 valence electrons. The normalized spacial score (nSPS) is 17.9. The van der Waals surface area contributed by atoms with Crippen molar-refractivity contribution >= 4 is 10.9 Å². The zero-order valence-corrected chi connectivity index (χ0v) is 16.5. The SMILES string of the molecule is Cc1ccc(CN2CCC[C@@H](Cc3ccc4[nH]ncc4c3)C2)cc1OCCO. The van der Waals surface area contributed by atoms with E-state index in [4.69, 9.17) is 9.84 Å². The molecule has 2 N–H and O–H groups in total. The number of fused-ring (bicyclic) bond motifs is 1. The van der Waals surface area contributed by atoms with Crippen molar-refractivity contribution in [3.05, 3.63) is 59.3 Å². The summed E-state index contributed by atoms with van der Waals surface area (Å²) in [7, 11) is 0. The predicted molar refractivity (Wildman–Crippen MR) is 112 cm³/mol. The molecule has 1 aliphatic heterocycles. The van der Waals surface area contributed by atoms with Crippen LogP contribution in [0.2, 0.25) is 0 Å².